The molecule has 1 aromatic rings. The third-order valence-corrected chi connectivity index (χ3v) is 3.67. The predicted octanol–water partition coefficient (Wildman–Crippen LogP) is 3.69. The quantitative estimate of drug-likeness (QED) is 0.888. The molecule has 2 atom stereocenters. The lowest BCUT2D eigenvalue weighted by atomic mass is 10.0. The first-order chi connectivity index (χ1) is 8.18. The van der Waals surface area contributed by atoms with Crippen molar-refractivity contribution in [2.45, 2.75) is 50.9 Å². The van der Waals surface area contributed by atoms with Gasteiger partial charge >= 0.3 is 0 Å². The summed E-state index contributed by atoms with van der Waals surface area (Å²) in [7, 11) is 0. The molecule has 0 bridgehead atoms. The Hall–Kier alpha value is -0.570. The molecule has 1 saturated carbocycles. The topological polar surface area (TPSA) is 35.2 Å². The first kappa shape index (κ1) is 12.9. The van der Waals surface area contributed by atoms with Crippen molar-refractivity contribution in [3.8, 4) is 0 Å². The van der Waals surface area contributed by atoms with Crippen LogP contribution in [-0.4, -0.2) is 12.1 Å². The Bertz CT molecular complexity index is 361. The van der Waals surface area contributed by atoms with Gasteiger partial charge in [0.25, 0.3) is 0 Å². The van der Waals surface area contributed by atoms with Gasteiger partial charge in [-0.2, -0.15) is 0 Å². The van der Waals surface area contributed by atoms with E-state index in [2.05, 4.69) is 0 Å². The molecule has 0 spiro atoms. The zero-order valence-corrected chi connectivity index (χ0v) is 11.0. The van der Waals surface area contributed by atoms with Crippen molar-refractivity contribution in [2.24, 2.45) is 5.73 Å². The fourth-order valence-corrected chi connectivity index (χ4v) is 2.66. The van der Waals surface area contributed by atoms with E-state index in [9.17, 15) is 0 Å². The van der Waals surface area contributed by atoms with Gasteiger partial charge in [0.15, 0.2) is 0 Å². The molecule has 2 rings (SSSR count). The number of nitrogens with two attached hydrogens (primary N) is 1. The van der Waals surface area contributed by atoms with Crippen molar-refractivity contribution >= 4 is 11.6 Å². The lowest BCUT2D eigenvalue weighted by Crippen LogP contribution is -2.29. The van der Waals surface area contributed by atoms with Crippen LogP contribution in [0.5, 0.6) is 0 Å². The number of rotatable bonds is 4. The Kier molecular flexibility index (Phi) is 4.43. The van der Waals surface area contributed by atoms with Crippen LogP contribution in [0.1, 0.15) is 44.3 Å². The predicted molar refractivity (Wildman–Crippen MR) is 71.2 cm³/mol. The van der Waals surface area contributed by atoms with E-state index in [4.69, 9.17) is 22.1 Å². The Morgan fingerprint density at radius 3 is 2.53 bits per heavy atom. The Morgan fingerprint density at radius 2 is 1.94 bits per heavy atom. The van der Waals surface area contributed by atoms with Gasteiger partial charge in [0.2, 0.25) is 0 Å². The highest BCUT2D eigenvalue weighted by molar-refractivity contribution is 6.31. The average molecular weight is 254 g/mol. The number of hydrogen-bond acceptors (Lipinski definition) is 2. The average Bonchev–Trinajstić information content (AvgIpc) is 2.79. The normalized spacial score (nSPS) is 20.4. The summed E-state index contributed by atoms with van der Waals surface area (Å²) in [5, 5.41) is 0.743. The van der Waals surface area contributed by atoms with Gasteiger partial charge in [-0.05, 0) is 25.8 Å². The first-order valence-corrected chi connectivity index (χ1v) is 6.71. The molecule has 1 aliphatic carbocycles. The van der Waals surface area contributed by atoms with E-state index in [1.807, 2.05) is 31.2 Å². The molecule has 0 radical (unpaired) electrons. The minimum absolute atomic E-state index is 0.0458. The highest BCUT2D eigenvalue weighted by Gasteiger charge is 2.25. The number of halogens is 1. The summed E-state index contributed by atoms with van der Waals surface area (Å²) in [6, 6.07) is 7.76. The van der Waals surface area contributed by atoms with Gasteiger partial charge in [0.1, 0.15) is 0 Å². The maximum atomic E-state index is 6.21. The molecule has 94 valence electrons. The van der Waals surface area contributed by atoms with Crippen LogP contribution >= 0.6 is 11.6 Å². The fraction of sp³-hybridized carbons (Fsp3) is 0.571. The van der Waals surface area contributed by atoms with Crippen LogP contribution < -0.4 is 5.73 Å². The van der Waals surface area contributed by atoms with Crippen molar-refractivity contribution in [3.05, 3.63) is 34.9 Å². The van der Waals surface area contributed by atoms with E-state index in [1.54, 1.807) is 0 Å². The summed E-state index contributed by atoms with van der Waals surface area (Å²) in [6.07, 6.45) is 5.08. The molecule has 3 heteroatoms. The molecule has 1 aliphatic rings. The van der Waals surface area contributed by atoms with E-state index in [1.165, 1.54) is 12.8 Å². The van der Waals surface area contributed by atoms with Crippen LogP contribution in [0.3, 0.4) is 0 Å². The third kappa shape index (κ3) is 3.21. The first-order valence-electron chi connectivity index (χ1n) is 6.34. The van der Waals surface area contributed by atoms with Gasteiger partial charge in [0, 0.05) is 16.6 Å². The largest absolute Gasteiger partial charge is 0.369 e. The summed E-state index contributed by atoms with van der Waals surface area (Å²) in [4.78, 5) is 0. The summed E-state index contributed by atoms with van der Waals surface area (Å²) < 4.78 is 6.13. The van der Waals surface area contributed by atoms with Gasteiger partial charge in [0.05, 0.1) is 12.2 Å². The second-order valence-electron chi connectivity index (χ2n) is 4.84. The summed E-state index contributed by atoms with van der Waals surface area (Å²) in [5.74, 6) is 0. The van der Waals surface area contributed by atoms with E-state index >= 15 is 0 Å². The molecule has 0 aromatic heterocycles. The van der Waals surface area contributed by atoms with Crippen LogP contribution in [0.4, 0.5) is 0 Å². The van der Waals surface area contributed by atoms with Crippen LogP contribution in [0.25, 0.3) is 0 Å². The zero-order valence-electron chi connectivity index (χ0n) is 10.2. The Balaban J connectivity index is 2.14. The van der Waals surface area contributed by atoms with E-state index in [-0.39, 0.29) is 12.1 Å². The fourth-order valence-electron chi connectivity index (χ4n) is 2.42. The molecule has 2 N–H and O–H groups in total. The Morgan fingerprint density at radius 1 is 1.29 bits per heavy atom. The Labute approximate surface area is 108 Å². The third-order valence-electron chi connectivity index (χ3n) is 3.33. The van der Waals surface area contributed by atoms with Crippen molar-refractivity contribution in [1.29, 1.82) is 0 Å². The second kappa shape index (κ2) is 5.85. The van der Waals surface area contributed by atoms with Gasteiger partial charge in [-0.15, -0.1) is 0 Å². The minimum atomic E-state index is -0.0909. The maximum absolute atomic E-state index is 6.21. The van der Waals surface area contributed by atoms with Crippen molar-refractivity contribution in [3.63, 3.8) is 0 Å². The molecule has 1 aromatic carbocycles. The summed E-state index contributed by atoms with van der Waals surface area (Å²) >= 11 is 6.21. The molecule has 2 unspecified atom stereocenters. The molecule has 1 fully saturated rings. The smallest absolute Gasteiger partial charge is 0.0991 e. The molecular formula is C14H20ClNO. The molecule has 2 nitrogen and oxygen atoms in total. The monoisotopic (exact) mass is 253 g/mol. The number of hydrogen-bond donors (Lipinski definition) is 1. The van der Waals surface area contributed by atoms with Gasteiger partial charge in [-0.25, -0.2) is 0 Å². The number of benzene rings is 1. The van der Waals surface area contributed by atoms with Gasteiger partial charge in [-0.1, -0.05) is 42.6 Å². The summed E-state index contributed by atoms with van der Waals surface area (Å²) in [5.41, 5.74) is 7.04. The minimum Gasteiger partial charge on any atom is -0.369 e. The van der Waals surface area contributed by atoms with E-state index in [0.29, 0.717) is 6.10 Å². The lowest BCUT2D eigenvalue weighted by Gasteiger charge is -2.26. The molecule has 0 aliphatic heterocycles. The molecule has 0 heterocycles. The standard InChI is InChI=1S/C14H20ClNO/c1-10(16)14(17-11-6-2-3-7-11)12-8-4-5-9-13(12)15/h4-5,8-11,14H,2-3,6-7,16H2,1H3. The second-order valence-corrected chi connectivity index (χ2v) is 5.25. The molecular weight excluding hydrogens is 234 g/mol. The zero-order chi connectivity index (χ0) is 12.3. The van der Waals surface area contributed by atoms with Crippen LogP contribution in [-0.2, 0) is 4.74 Å². The van der Waals surface area contributed by atoms with Crippen molar-refractivity contribution < 1.29 is 4.74 Å². The highest BCUT2D eigenvalue weighted by atomic mass is 35.5. The molecule has 0 amide bonds. The maximum Gasteiger partial charge on any atom is 0.0991 e. The lowest BCUT2D eigenvalue weighted by molar-refractivity contribution is -0.0201. The van der Waals surface area contributed by atoms with Gasteiger partial charge in [-0.3, -0.25) is 0 Å². The highest BCUT2D eigenvalue weighted by Crippen LogP contribution is 2.32. The van der Waals surface area contributed by atoms with Crippen molar-refractivity contribution in [1.82, 2.24) is 0 Å². The summed E-state index contributed by atoms with van der Waals surface area (Å²) in [6.45, 7) is 1.98. The van der Waals surface area contributed by atoms with Crippen LogP contribution in [0.15, 0.2) is 24.3 Å². The van der Waals surface area contributed by atoms with Crippen LogP contribution in [0.2, 0.25) is 5.02 Å². The molecule has 17 heavy (non-hydrogen) atoms. The van der Waals surface area contributed by atoms with Gasteiger partial charge < -0.3 is 10.5 Å². The SMILES string of the molecule is CC(N)C(OC1CCCC1)c1ccccc1Cl. The molecule has 0 saturated heterocycles. The van der Waals surface area contributed by atoms with E-state index in [0.717, 1.165) is 23.4 Å². The van der Waals surface area contributed by atoms with Crippen molar-refractivity contribution in [2.75, 3.05) is 0 Å². The van der Waals surface area contributed by atoms with E-state index < -0.39 is 0 Å². The van der Waals surface area contributed by atoms with Crippen LogP contribution in [0, 0.1) is 0 Å². The number of ether oxygens (including phenoxy) is 1.